The van der Waals surface area contributed by atoms with E-state index in [4.69, 9.17) is 0 Å². The highest BCUT2D eigenvalue weighted by Gasteiger charge is 2.21. The summed E-state index contributed by atoms with van der Waals surface area (Å²) in [6, 6.07) is 21.2. The zero-order valence-electron chi connectivity index (χ0n) is 19.5. The van der Waals surface area contributed by atoms with Crippen molar-refractivity contribution in [1.82, 2.24) is 4.98 Å². The fourth-order valence-electron chi connectivity index (χ4n) is 3.58. The Labute approximate surface area is 215 Å². The molecule has 0 atom stereocenters. The van der Waals surface area contributed by atoms with Gasteiger partial charge < -0.3 is 5.32 Å². The van der Waals surface area contributed by atoms with E-state index in [1.807, 2.05) is 72.9 Å². The molecule has 37 heavy (non-hydrogen) atoms. The number of nitrogens with zero attached hydrogens (tertiary/aromatic N) is 2. The van der Waals surface area contributed by atoms with E-state index in [9.17, 15) is 27.6 Å². The van der Waals surface area contributed by atoms with Gasteiger partial charge in [-0.05, 0) is 18.6 Å². The van der Waals surface area contributed by atoms with Gasteiger partial charge >= 0.3 is 0 Å². The van der Waals surface area contributed by atoms with Gasteiger partial charge in [0.05, 0.1) is 11.3 Å². The van der Waals surface area contributed by atoms with Gasteiger partial charge in [0.25, 0.3) is 0 Å². The van der Waals surface area contributed by atoms with Crippen molar-refractivity contribution in [2.24, 2.45) is 0 Å². The predicted molar refractivity (Wildman–Crippen MR) is 135 cm³/mol. The van der Waals surface area contributed by atoms with E-state index >= 15 is 0 Å². The Hall–Kier alpha value is -4.16. The van der Waals surface area contributed by atoms with Crippen LogP contribution in [0.5, 0.6) is 0 Å². The molecule has 0 saturated carbocycles. The van der Waals surface area contributed by atoms with Gasteiger partial charge in [0.1, 0.15) is 16.8 Å². The van der Waals surface area contributed by atoms with Crippen LogP contribution in [0.2, 0.25) is 0 Å². The molecule has 9 heteroatoms. The number of halogens is 4. The number of carbonyl (C=O) groups excluding carboxylic acids is 1. The number of rotatable bonds is 7. The molecule has 0 spiro atoms. The molecule has 0 saturated heterocycles. The third-order valence-corrected chi connectivity index (χ3v) is 6.45. The van der Waals surface area contributed by atoms with E-state index < -0.39 is 34.9 Å². The lowest BCUT2D eigenvalue weighted by Crippen LogP contribution is -2.16. The standard InChI is InChI=1S/C28H19F4N3OS/c1-16-7-9-17(10-8-16)19-13-23(18-5-3-2-4-6-18)34-28(20(19)15-33)37-12-11-24(36)35-27-25(31)21(29)14-22(30)26(27)32/h2-10,13-14H,11-12H2,1H3,(H,35,36). The van der Waals surface area contributed by atoms with Crippen LogP contribution in [0.15, 0.2) is 71.8 Å². The first kappa shape index (κ1) is 25.9. The Bertz CT molecular complexity index is 1480. The number of hydrogen-bond donors (Lipinski definition) is 1. The van der Waals surface area contributed by atoms with Crippen molar-refractivity contribution >= 4 is 23.4 Å². The van der Waals surface area contributed by atoms with E-state index in [1.54, 1.807) is 0 Å². The quantitative estimate of drug-likeness (QED) is 0.158. The van der Waals surface area contributed by atoms with E-state index in [0.29, 0.717) is 21.8 Å². The minimum absolute atomic E-state index is 0.0661. The van der Waals surface area contributed by atoms with Gasteiger partial charge in [-0.1, -0.05) is 60.2 Å². The van der Waals surface area contributed by atoms with Gasteiger partial charge in [0.2, 0.25) is 5.91 Å². The summed E-state index contributed by atoms with van der Waals surface area (Å²) >= 11 is 1.12. The first-order valence-corrected chi connectivity index (χ1v) is 12.1. The van der Waals surface area contributed by atoms with Crippen molar-refractivity contribution in [3.63, 3.8) is 0 Å². The van der Waals surface area contributed by atoms with Gasteiger partial charge in [-0.25, -0.2) is 22.5 Å². The van der Waals surface area contributed by atoms with E-state index in [-0.39, 0.29) is 18.2 Å². The monoisotopic (exact) mass is 521 g/mol. The number of anilines is 1. The maximum Gasteiger partial charge on any atom is 0.225 e. The van der Waals surface area contributed by atoms with Gasteiger partial charge in [0.15, 0.2) is 23.3 Å². The molecule has 1 amide bonds. The van der Waals surface area contributed by atoms with Crippen molar-refractivity contribution in [3.8, 4) is 28.5 Å². The predicted octanol–water partition coefficient (Wildman–Crippen LogP) is 7.27. The zero-order valence-corrected chi connectivity index (χ0v) is 20.3. The fraction of sp³-hybridized carbons (Fsp3) is 0.107. The van der Waals surface area contributed by atoms with Crippen LogP contribution < -0.4 is 5.32 Å². The third-order valence-electron chi connectivity index (χ3n) is 5.47. The molecule has 0 bridgehead atoms. The molecule has 4 rings (SSSR count). The SMILES string of the molecule is Cc1ccc(-c2cc(-c3ccccc3)nc(SCCC(=O)Nc3c(F)c(F)cc(F)c3F)c2C#N)cc1. The molecule has 3 aromatic carbocycles. The van der Waals surface area contributed by atoms with Crippen LogP contribution in [-0.2, 0) is 4.79 Å². The Morgan fingerprint density at radius 3 is 2.22 bits per heavy atom. The normalized spacial score (nSPS) is 10.7. The summed E-state index contributed by atoms with van der Waals surface area (Å²) < 4.78 is 54.6. The molecule has 0 aliphatic carbocycles. The Kier molecular flexibility index (Phi) is 7.89. The molecule has 0 aliphatic rings. The number of carbonyl (C=O) groups is 1. The van der Waals surface area contributed by atoms with E-state index in [0.717, 1.165) is 28.5 Å². The molecule has 0 unspecified atom stereocenters. The number of hydrogen-bond acceptors (Lipinski definition) is 4. The number of benzene rings is 3. The van der Waals surface area contributed by atoms with Crippen LogP contribution in [0.25, 0.3) is 22.4 Å². The minimum atomic E-state index is -1.69. The summed E-state index contributed by atoms with van der Waals surface area (Å²) in [4.78, 5) is 16.9. The lowest BCUT2D eigenvalue weighted by atomic mass is 9.98. The molecule has 0 fully saturated rings. The van der Waals surface area contributed by atoms with E-state index in [2.05, 4.69) is 11.1 Å². The summed E-state index contributed by atoms with van der Waals surface area (Å²) in [5, 5.41) is 12.2. The average molecular weight is 522 g/mol. The molecule has 0 radical (unpaired) electrons. The molecule has 4 aromatic rings. The van der Waals surface area contributed by atoms with Crippen LogP contribution in [-0.4, -0.2) is 16.6 Å². The number of nitriles is 1. The Morgan fingerprint density at radius 2 is 1.59 bits per heavy atom. The van der Waals surface area contributed by atoms with Crippen molar-refractivity contribution < 1.29 is 22.4 Å². The molecule has 186 valence electrons. The summed E-state index contributed by atoms with van der Waals surface area (Å²) in [7, 11) is 0. The highest BCUT2D eigenvalue weighted by Crippen LogP contribution is 2.34. The summed E-state index contributed by atoms with van der Waals surface area (Å²) in [5.41, 5.74) is 3.14. The number of thioether (sulfide) groups is 1. The first-order chi connectivity index (χ1) is 17.8. The number of aromatic nitrogens is 1. The van der Waals surface area contributed by atoms with E-state index in [1.165, 1.54) is 0 Å². The average Bonchev–Trinajstić information content (AvgIpc) is 2.90. The maximum absolute atomic E-state index is 13.9. The lowest BCUT2D eigenvalue weighted by molar-refractivity contribution is -0.115. The zero-order chi connectivity index (χ0) is 26.5. The topological polar surface area (TPSA) is 65.8 Å². The van der Waals surface area contributed by atoms with Crippen LogP contribution in [0.4, 0.5) is 23.2 Å². The molecular weight excluding hydrogens is 502 g/mol. The molecule has 1 N–H and O–H groups in total. The van der Waals surface area contributed by atoms with Crippen molar-refractivity contribution in [1.29, 1.82) is 5.26 Å². The third kappa shape index (κ3) is 5.81. The number of aryl methyl sites for hydroxylation is 1. The Morgan fingerprint density at radius 1 is 0.946 bits per heavy atom. The highest BCUT2D eigenvalue weighted by atomic mass is 32.2. The number of pyridine rings is 1. The smallest absolute Gasteiger partial charge is 0.225 e. The van der Waals surface area contributed by atoms with Gasteiger partial charge in [0, 0.05) is 29.4 Å². The molecule has 4 nitrogen and oxygen atoms in total. The Balaban J connectivity index is 1.60. The molecule has 1 heterocycles. The van der Waals surface area contributed by atoms with Crippen LogP contribution in [0.3, 0.4) is 0 Å². The number of nitrogens with one attached hydrogen (secondary N) is 1. The van der Waals surface area contributed by atoms with Gasteiger partial charge in [-0.2, -0.15) is 5.26 Å². The molecule has 0 aliphatic heterocycles. The van der Waals surface area contributed by atoms with Crippen molar-refractivity contribution in [2.75, 3.05) is 11.1 Å². The van der Waals surface area contributed by atoms with Crippen LogP contribution in [0, 0.1) is 41.5 Å². The van der Waals surface area contributed by atoms with Gasteiger partial charge in [-0.15, -0.1) is 11.8 Å². The molecular formula is C28H19F4N3OS. The van der Waals surface area contributed by atoms with Crippen molar-refractivity contribution in [3.05, 3.63) is 101 Å². The molecule has 1 aromatic heterocycles. The summed E-state index contributed by atoms with van der Waals surface area (Å²) in [5.74, 6) is -7.38. The van der Waals surface area contributed by atoms with Crippen LogP contribution in [0.1, 0.15) is 17.5 Å². The summed E-state index contributed by atoms with van der Waals surface area (Å²) in [6.07, 6.45) is -0.260. The highest BCUT2D eigenvalue weighted by molar-refractivity contribution is 7.99. The lowest BCUT2D eigenvalue weighted by Gasteiger charge is -2.13. The fourth-order valence-corrected chi connectivity index (χ4v) is 4.52. The number of amides is 1. The largest absolute Gasteiger partial charge is 0.321 e. The van der Waals surface area contributed by atoms with Crippen molar-refractivity contribution in [2.45, 2.75) is 18.4 Å². The summed E-state index contributed by atoms with van der Waals surface area (Å²) in [6.45, 7) is 1.96. The minimum Gasteiger partial charge on any atom is -0.321 e. The second kappa shape index (κ2) is 11.3. The maximum atomic E-state index is 13.9. The first-order valence-electron chi connectivity index (χ1n) is 11.1. The van der Waals surface area contributed by atoms with Crippen LogP contribution >= 0.6 is 11.8 Å². The second-order valence-electron chi connectivity index (χ2n) is 8.07. The second-order valence-corrected chi connectivity index (χ2v) is 9.15. The van der Waals surface area contributed by atoms with Gasteiger partial charge in [-0.3, -0.25) is 4.79 Å².